The predicted octanol–water partition coefficient (Wildman–Crippen LogP) is 1.15. The second-order valence-electron chi connectivity index (χ2n) is 5.52. The van der Waals surface area contributed by atoms with E-state index < -0.39 is 36.2 Å². The molecule has 0 radical (unpaired) electrons. The maximum atomic E-state index is 11.5. The third-order valence-electron chi connectivity index (χ3n) is 3.13. The number of hydrogen-bond acceptors (Lipinski definition) is 9. The van der Waals surface area contributed by atoms with E-state index >= 15 is 0 Å². The first-order valence-electron chi connectivity index (χ1n) is 8.62. The largest absolute Gasteiger partial charge is 0.463 e. The summed E-state index contributed by atoms with van der Waals surface area (Å²) in [5.41, 5.74) is 0. The number of amidine groups is 1. The molecule has 0 heterocycles. The van der Waals surface area contributed by atoms with Gasteiger partial charge >= 0.3 is 17.9 Å². The van der Waals surface area contributed by atoms with E-state index in [-0.39, 0.29) is 13.2 Å². The highest BCUT2D eigenvalue weighted by Gasteiger charge is 2.33. The van der Waals surface area contributed by atoms with Gasteiger partial charge in [-0.3, -0.25) is 19.4 Å². The van der Waals surface area contributed by atoms with Gasteiger partial charge in [-0.2, -0.15) is 0 Å². The zero-order valence-electron chi connectivity index (χ0n) is 16.8. The van der Waals surface area contributed by atoms with Gasteiger partial charge in [0.2, 0.25) is 0 Å². The second kappa shape index (κ2) is 14.3. The van der Waals surface area contributed by atoms with Gasteiger partial charge in [-0.25, -0.2) is 0 Å². The molecule has 156 valence electrons. The van der Waals surface area contributed by atoms with Crippen LogP contribution in [0.25, 0.3) is 0 Å². The van der Waals surface area contributed by atoms with Crippen molar-refractivity contribution in [3.63, 3.8) is 0 Å². The molecule has 0 fully saturated rings. The van der Waals surface area contributed by atoms with Crippen molar-refractivity contribution in [1.82, 2.24) is 5.32 Å². The minimum atomic E-state index is -0.927. The molecule has 1 N–H and O–H groups in total. The zero-order chi connectivity index (χ0) is 20.8. The molecule has 10 heteroatoms. The van der Waals surface area contributed by atoms with Crippen LogP contribution in [0.15, 0.2) is 4.99 Å². The van der Waals surface area contributed by atoms with Crippen LogP contribution < -0.4 is 5.32 Å². The van der Waals surface area contributed by atoms with Gasteiger partial charge in [0.1, 0.15) is 18.8 Å². The molecule has 0 amide bonds. The highest BCUT2D eigenvalue weighted by molar-refractivity contribution is 8.13. The van der Waals surface area contributed by atoms with Crippen molar-refractivity contribution < 1.29 is 33.3 Å². The maximum absolute atomic E-state index is 11.5. The Morgan fingerprint density at radius 2 is 1.70 bits per heavy atom. The van der Waals surface area contributed by atoms with E-state index in [1.54, 1.807) is 6.92 Å². The second-order valence-corrected chi connectivity index (χ2v) is 6.32. The molecule has 9 nitrogen and oxygen atoms in total. The summed E-state index contributed by atoms with van der Waals surface area (Å²) in [6.45, 7) is 8.46. The molecule has 0 saturated heterocycles. The first kappa shape index (κ1) is 25.2. The third kappa shape index (κ3) is 12.2. The lowest BCUT2D eigenvalue weighted by molar-refractivity contribution is -0.182. The number of carbonyl (C=O) groups is 3. The Morgan fingerprint density at radius 1 is 1.07 bits per heavy atom. The summed E-state index contributed by atoms with van der Waals surface area (Å²) < 4.78 is 21.1. The molecule has 0 rings (SSSR count). The molecular weight excluding hydrogens is 376 g/mol. The van der Waals surface area contributed by atoms with Gasteiger partial charge in [-0.1, -0.05) is 11.8 Å². The Labute approximate surface area is 164 Å². The molecular formula is C17H30N2O7S. The Hall–Kier alpha value is -1.81. The summed E-state index contributed by atoms with van der Waals surface area (Å²) in [4.78, 5) is 38.2. The molecule has 0 aromatic heterocycles. The number of nitrogens with zero attached hydrogens (tertiary/aromatic N) is 1. The minimum Gasteiger partial charge on any atom is -0.463 e. The van der Waals surface area contributed by atoms with E-state index in [0.29, 0.717) is 6.54 Å². The molecule has 0 bridgehead atoms. The van der Waals surface area contributed by atoms with Crippen molar-refractivity contribution in [1.29, 1.82) is 0 Å². The van der Waals surface area contributed by atoms with Gasteiger partial charge < -0.3 is 24.3 Å². The smallest absolute Gasteiger partial charge is 0.303 e. The molecule has 0 aromatic carbocycles. The van der Waals surface area contributed by atoms with Crippen molar-refractivity contribution in [3.05, 3.63) is 0 Å². The van der Waals surface area contributed by atoms with Gasteiger partial charge in [-0.15, -0.1) is 0 Å². The summed E-state index contributed by atoms with van der Waals surface area (Å²) in [5, 5.41) is 3.89. The Bertz CT molecular complexity index is 514. The van der Waals surface area contributed by atoms with Crippen LogP contribution in [0, 0.1) is 0 Å². The zero-order valence-corrected chi connectivity index (χ0v) is 17.6. The van der Waals surface area contributed by atoms with E-state index in [1.165, 1.54) is 32.5 Å². The Balaban J connectivity index is 5.09. The summed E-state index contributed by atoms with van der Waals surface area (Å²) in [5.74, 6) is -1.59. The number of carbonyl (C=O) groups excluding carboxylic acids is 3. The lowest BCUT2D eigenvalue weighted by Gasteiger charge is -2.30. The highest BCUT2D eigenvalue weighted by Crippen LogP contribution is 2.14. The third-order valence-corrected chi connectivity index (χ3v) is 3.79. The lowest BCUT2D eigenvalue weighted by Crippen LogP contribution is -2.45. The van der Waals surface area contributed by atoms with Crippen molar-refractivity contribution in [2.45, 2.75) is 52.9 Å². The van der Waals surface area contributed by atoms with Crippen molar-refractivity contribution in [2.24, 2.45) is 4.99 Å². The van der Waals surface area contributed by atoms with Crippen LogP contribution in [0.5, 0.6) is 0 Å². The molecule has 0 aliphatic heterocycles. The number of ether oxygens (including phenoxy) is 4. The molecule has 0 spiro atoms. The van der Waals surface area contributed by atoms with Crippen LogP contribution >= 0.6 is 11.8 Å². The molecule has 3 atom stereocenters. The fraction of sp³-hybridized carbons (Fsp3) is 0.765. The monoisotopic (exact) mass is 406 g/mol. The maximum Gasteiger partial charge on any atom is 0.303 e. The van der Waals surface area contributed by atoms with Crippen molar-refractivity contribution in [3.8, 4) is 0 Å². The number of aliphatic imine (C=N–C) groups is 1. The number of hydrogen-bond donors (Lipinski definition) is 1. The normalized spacial score (nSPS) is 14.7. The molecule has 0 saturated carbocycles. The van der Waals surface area contributed by atoms with Crippen LogP contribution in [0.1, 0.15) is 34.6 Å². The van der Waals surface area contributed by atoms with Crippen molar-refractivity contribution in [2.75, 3.05) is 32.6 Å². The van der Waals surface area contributed by atoms with Crippen LogP contribution in [0.2, 0.25) is 0 Å². The Morgan fingerprint density at radius 3 is 2.19 bits per heavy atom. The van der Waals surface area contributed by atoms with E-state index in [0.717, 1.165) is 11.7 Å². The predicted molar refractivity (Wildman–Crippen MR) is 103 cm³/mol. The van der Waals surface area contributed by atoms with E-state index in [1.807, 2.05) is 13.2 Å². The van der Waals surface area contributed by atoms with Gasteiger partial charge in [0, 0.05) is 27.3 Å². The number of rotatable bonds is 11. The van der Waals surface area contributed by atoms with Crippen LogP contribution in [-0.2, 0) is 33.3 Å². The number of nitrogens with one attached hydrogen (secondary N) is 1. The van der Waals surface area contributed by atoms with Gasteiger partial charge in [0.25, 0.3) is 0 Å². The molecule has 0 aromatic rings. The van der Waals surface area contributed by atoms with E-state index in [2.05, 4.69) is 10.3 Å². The number of esters is 3. The minimum absolute atomic E-state index is 0.148. The summed E-state index contributed by atoms with van der Waals surface area (Å²) >= 11 is 1.48. The molecule has 0 aliphatic rings. The quantitative estimate of drug-likeness (QED) is 0.177. The summed E-state index contributed by atoms with van der Waals surface area (Å²) in [7, 11) is 0. The average molecular weight is 407 g/mol. The standard InChI is InChI=1S/C17H30N2O7S/c1-7-18-17(27-6)19-8-9-23-15(10-24-12(3)20)16(26-14(5)22)11(2)25-13(4)21/h11,15-16H,7-10H2,1-6H3,(H,18,19)/t11-,15-,16+/m1/s1. The fourth-order valence-corrected chi connectivity index (χ4v) is 2.64. The van der Waals surface area contributed by atoms with Gasteiger partial charge in [0.15, 0.2) is 11.3 Å². The first-order chi connectivity index (χ1) is 12.7. The van der Waals surface area contributed by atoms with Crippen molar-refractivity contribution >= 4 is 34.8 Å². The van der Waals surface area contributed by atoms with Gasteiger partial charge in [0.05, 0.1) is 13.2 Å². The summed E-state index contributed by atoms with van der Waals surface area (Å²) in [6, 6.07) is 0. The number of thioether (sulfide) groups is 1. The molecule has 0 aliphatic carbocycles. The fourth-order valence-electron chi connectivity index (χ4n) is 2.13. The van der Waals surface area contributed by atoms with Gasteiger partial charge in [-0.05, 0) is 20.1 Å². The first-order valence-corrected chi connectivity index (χ1v) is 9.85. The van der Waals surface area contributed by atoms with Crippen LogP contribution in [0.3, 0.4) is 0 Å². The topological polar surface area (TPSA) is 113 Å². The average Bonchev–Trinajstić information content (AvgIpc) is 2.57. The Kier molecular flexibility index (Phi) is 13.3. The van der Waals surface area contributed by atoms with Crippen LogP contribution in [0.4, 0.5) is 0 Å². The highest BCUT2D eigenvalue weighted by atomic mass is 32.2. The lowest BCUT2D eigenvalue weighted by atomic mass is 10.1. The molecule has 27 heavy (non-hydrogen) atoms. The SMILES string of the molecule is CCNC(=NCCO[C@H](COC(C)=O)[C@@H](OC(C)=O)[C@@H](C)OC(C)=O)SC. The summed E-state index contributed by atoms with van der Waals surface area (Å²) in [6.07, 6.45) is -0.606. The molecule has 0 unspecified atom stereocenters. The van der Waals surface area contributed by atoms with E-state index in [4.69, 9.17) is 18.9 Å². The van der Waals surface area contributed by atoms with E-state index in [9.17, 15) is 14.4 Å². The van der Waals surface area contributed by atoms with Crippen LogP contribution in [-0.4, -0.2) is 73.9 Å².